The maximum Gasteiger partial charge on any atom is 0.317 e. The molecule has 2 fully saturated rings. The number of aliphatic hydroxyl groups is 1. The predicted molar refractivity (Wildman–Crippen MR) is 79.7 cm³/mol. The predicted octanol–water partition coefficient (Wildman–Crippen LogP) is 1.42. The summed E-state index contributed by atoms with van der Waals surface area (Å²) in [7, 11) is 1.88. The Morgan fingerprint density at radius 1 is 1.30 bits per heavy atom. The van der Waals surface area contributed by atoms with Crippen LogP contribution in [0.4, 0.5) is 4.79 Å². The van der Waals surface area contributed by atoms with Gasteiger partial charge in [-0.15, -0.1) is 0 Å². The summed E-state index contributed by atoms with van der Waals surface area (Å²) in [4.78, 5) is 16.1. The average molecular weight is 283 g/mol. The van der Waals surface area contributed by atoms with Crippen molar-refractivity contribution in [2.75, 3.05) is 33.3 Å². The summed E-state index contributed by atoms with van der Waals surface area (Å²) in [6.45, 7) is 3.26. The number of amides is 2. The van der Waals surface area contributed by atoms with Gasteiger partial charge in [0.15, 0.2) is 0 Å². The zero-order valence-electron chi connectivity index (χ0n) is 12.7. The second-order valence-electron chi connectivity index (χ2n) is 6.22. The van der Waals surface area contributed by atoms with Gasteiger partial charge in [-0.25, -0.2) is 4.79 Å². The molecule has 1 unspecified atom stereocenters. The van der Waals surface area contributed by atoms with Gasteiger partial charge in [-0.05, 0) is 38.6 Å². The molecule has 116 valence electrons. The third-order valence-electron chi connectivity index (χ3n) is 4.70. The minimum atomic E-state index is 0.0779. The van der Waals surface area contributed by atoms with Crippen molar-refractivity contribution in [3.63, 3.8) is 0 Å². The van der Waals surface area contributed by atoms with Gasteiger partial charge in [0.1, 0.15) is 0 Å². The molecule has 0 aromatic heterocycles. The average Bonchev–Trinajstić information content (AvgIpc) is 2.90. The summed E-state index contributed by atoms with van der Waals surface area (Å²) in [5.41, 5.74) is 0. The number of aliphatic hydroxyl groups excluding tert-OH is 1. The molecule has 0 aromatic carbocycles. The van der Waals surface area contributed by atoms with E-state index in [9.17, 15) is 4.79 Å². The Kier molecular flexibility index (Phi) is 6.10. The van der Waals surface area contributed by atoms with Gasteiger partial charge in [-0.3, -0.25) is 4.90 Å². The van der Waals surface area contributed by atoms with Crippen LogP contribution in [0.15, 0.2) is 0 Å². The van der Waals surface area contributed by atoms with Crippen LogP contribution < -0.4 is 5.32 Å². The standard InChI is InChI=1S/C15H29N3O2/c1-17(15(20)16-13-6-2-3-7-13)9-4-5-10-18-11-8-14(18)12-19/h13-14,19H,2-12H2,1H3,(H,16,20). The van der Waals surface area contributed by atoms with Gasteiger partial charge in [0.25, 0.3) is 0 Å². The second-order valence-corrected chi connectivity index (χ2v) is 6.22. The fourth-order valence-corrected chi connectivity index (χ4v) is 3.12. The SMILES string of the molecule is CN(CCCCN1CCC1CO)C(=O)NC1CCCC1. The van der Waals surface area contributed by atoms with Gasteiger partial charge < -0.3 is 15.3 Å². The Labute approximate surface area is 122 Å². The summed E-state index contributed by atoms with van der Waals surface area (Å²) in [6, 6.07) is 0.865. The highest BCUT2D eigenvalue weighted by atomic mass is 16.3. The molecular weight excluding hydrogens is 254 g/mol. The van der Waals surface area contributed by atoms with E-state index in [4.69, 9.17) is 5.11 Å². The largest absolute Gasteiger partial charge is 0.395 e. The molecular formula is C15H29N3O2. The Hall–Kier alpha value is -0.810. The van der Waals surface area contributed by atoms with E-state index < -0.39 is 0 Å². The smallest absolute Gasteiger partial charge is 0.317 e. The van der Waals surface area contributed by atoms with E-state index in [2.05, 4.69) is 10.2 Å². The molecule has 0 bridgehead atoms. The number of nitrogens with zero attached hydrogens (tertiary/aromatic N) is 2. The minimum absolute atomic E-state index is 0.0779. The Bertz CT molecular complexity index is 303. The lowest BCUT2D eigenvalue weighted by Crippen LogP contribution is -2.50. The number of likely N-dealkylation sites (tertiary alicyclic amines) is 1. The number of unbranched alkanes of at least 4 members (excludes halogenated alkanes) is 1. The maximum atomic E-state index is 12.0. The third-order valence-corrected chi connectivity index (χ3v) is 4.70. The van der Waals surface area contributed by atoms with Crippen LogP contribution >= 0.6 is 0 Å². The molecule has 1 heterocycles. The number of urea groups is 1. The fourth-order valence-electron chi connectivity index (χ4n) is 3.12. The third kappa shape index (κ3) is 4.35. The van der Waals surface area contributed by atoms with Crippen molar-refractivity contribution >= 4 is 6.03 Å². The van der Waals surface area contributed by atoms with E-state index >= 15 is 0 Å². The first-order valence-electron chi connectivity index (χ1n) is 8.07. The fraction of sp³-hybridized carbons (Fsp3) is 0.933. The van der Waals surface area contributed by atoms with E-state index in [1.54, 1.807) is 4.90 Å². The molecule has 0 spiro atoms. The zero-order chi connectivity index (χ0) is 14.4. The van der Waals surface area contributed by atoms with E-state index in [1.807, 2.05) is 7.05 Å². The molecule has 0 radical (unpaired) electrons. The number of carbonyl (C=O) groups excluding carboxylic acids is 1. The molecule has 2 amide bonds. The minimum Gasteiger partial charge on any atom is -0.395 e. The quantitative estimate of drug-likeness (QED) is 0.695. The summed E-state index contributed by atoms with van der Waals surface area (Å²) in [5, 5.41) is 12.2. The molecule has 5 nitrogen and oxygen atoms in total. The maximum absolute atomic E-state index is 12.0. The van der Waals surface area contributed by atoms with Crippen LogP contribution in [0.5, 0.6) is 0 Å². The van der Waals surface area contributed by atoms with Crippen molar-refractivity contribution in [2.45, 2.75) is 57.0 Å². The van der Waals surface area contributed by atoms with E-state index in [0.717, 1.165) is 51.7 Å². The highest BCUT2D eigenvalue weighted by Crippen LogP contribution is 2.18. The Balaban J connectivity index is 1.53. The van der Waals surface area contributed by atoms with Crippen molar-refractivity contribution in [3.05, 3.63) is 0 Å². The summed E-state index contributed by atoms with van der Waals surface area (Å²) in [6.07, 6.45) is 8.02. The molecule has 1 saturated carbocycles. The van der Waals surface area contributed by atoms with Gasteiger partial charge in [0.2, 0.25) is 0 Å². The first-order chi connectivity index (χ1) is 9.70. The van der Waals surface area contributed by atoms with Crippen molar-refractivity contribution in [2.24, 2.45) is 0 Å². The van der Waals surface area contributed by atoms with Gasteiger partial charge >= 0.3 is 6.03 Å². The van der Waals surface area contributed by atoms with Crippen LogP contribution in [0, 0.1) is 0 Å². The molecule has 1 saturated heterocycles. The number of rotatable bonds is 7. The first-order valence-corrected chi connectivity index (χ1v) is 8.07. The van der Waals surface area contributed by atoms with Crippen molar-refractivity contribution in [1.82, 2.24) is 15.1 Å². The molecule has 2 rings (SSSR count). The lowest BCUT2D eigenvalue weighted by atomic mass is 10.0. The summed E-state index contributed by atoms with van der Waals surface area (Å²) in [5.74, 6) is 0. The zero-order valence-corrected chi connectivity index (χ0v) is 12.7. The van der Waals surface area contributed by atoms with E-state index in [1.165, 1.54) is 12.8 Å². The van der Waals surface area contributed by atoms with Crippen molar-refractivity contribution in [1.29, 1.82) is 0 Å². The highest BCUT2D eigenvalue weighted by Gasteiger charge is 2.26. The lowest BCUT2D eigenvalue weighted by molar-refractivity contribution is 0.0409. The molecule has 1 aliphatic heterocycles. The lowest BCUT2D eigenvalue weighted by Gasteiger charge is -2.40. The molecule has 0 aromatic rings. The van der Waals surface area contributed by atoms with Crippen LogP contribution in [0.3, 0.4) is 0 Å². The first kappa shape index (κ1) is 15.6. The number of nitrogens with one attached hydrogen (secondary N) is 1. The molecule has 2 aliphatic rings. The Morgan fingerprint density at radius 3 is 2.65 bits per heavy atom. The van der Waals surface area contributed by atoms with Crippen LogP contribution in [-0.2, 0) is 0 Å². The summed E-state index contributed by atoms with van der Waals surface area (Å²) < 4.78 is 0. The molecule has 1 atom stereocenters. The van der Waals surface area contributed by atoms with Crippen LogP contribution in [0.25, 0.3) is 0 Å². The molecule has 5 heteroatoms. The Morgan fingerprint density at radius 2 is 2.05 bits per heavy atom. The summed E-state index contributed by atoms with van der Waals surface area (Å²) >= 11 is 0. The number of carbonyl (C=O) groups is 1. The monoisotopic (exact) mass is 283 g/mol. The van der Waals surface area contributed by atoms with Crippen LogP contribution in [0.2, 0.25) is 0 Å². The molecule has 1 aliphatic carbocycles. The van der Waals surface area contributed by atoms with E-state index in [-0.39, 0.29) is 12.6 Å². The van der Waals surface area contributed by atoms with Crippen LogP contribution in [0.1, 0.15) is 44.9 Å². The second kappa shape index (κ2) is 7.84. The number of hydrogen-bond donors (Lipinski definition) is 2. The van der Waals surface area contributed by atoms with Gasteiger partial charge in [0, 0.05) is 32.2 Å². The molecule has 20 heavy (non-hydrogen) atoms. The van der Waals surface area contributed by atoms with Crippen molar-refractivity contribution in [3.8, 4) is 0 Å². The van der Waals surface area contributed by atoms with E-state index in [0.29, 0.717) is 12.1 Å². The normalized spacial score (nSPS) is 23.6. The van der Waals surface area contributed by atoms with Gasteiger partial charge in [-0.2, -0.15) is 0 Å². The van der Waals surface area contributed by atoms with Crippen molar-refractivity contribution < 1.29 is 9.90 Å². The highest BCUT2D eigenvalue weighted by molar-refractivity contribution is 5.74. The van der Waals surface area contributed by atoms with Gasteiger partial charge in [0.05, 0.1) is 6.61 Å². The van der Waals surface area contributed by atoms with Gasteiger partial charge in [-0.1, -0.05) is 12.8 Å². The topological polar surface area (TPSA) is 55.8 Å². The molecule has 2 N–H and O–H groups in total. The van der Waals surface area contributed by atoms with Crippen LogP contribution in [-0.4, -0.2) is 66.3 Å². The number of hydrogen-bond acceptors (Lipinski definition) is 3.